The van der Waals surface area contributed by atoms with E-state index >= 15 is 0 Å². The number of nitrogens with zero attached hydrogens (tertiary/aromatic N) is 2. The lowest BCUT2D eigenvalue weighted by Crippen LogP contribution is -2.17. The Morgan fingerprint density at radius 3 is 2.53 bits per heavy atom. The predicted octanol–water partition coefficient (Wildman–Crippen LogP) is 1.71. The summed E-state index contributed by atoms with van der Waals surface area (Å²) in [6, 6.07) is 0. The van der Waals surface area contributed by atoms with Gasteiger partial charge in [0.1, 0.15) is 5.01 Å². The fraction of sp³-hybridized carbons (Fsp3) is 0.667. The Labute approximate surface area is 114 Å². The molecule has 19 heavy (non-hydrogen) atoms. The van der Waals surface area contributed by atoms with Crippen LogP contribution in [0.2, 0.25) is 0 Å². The Kier molecular flexibility index (Phi) is 2.63. The van der Waals surface area contributed by atoms with E-state index in [1.54, 1.807) is 13.8 Å². The first-order valence-corrected chi connectivity index (χ1v) is 7.10. The molecule has 1 heterocycles. The molecule has 0 saturated heterocycles. The molecule has 0 radical (unpaired) electrons. The van der Waals surface area contributed by atoms with E-state index in [0.717, 1.165) is 17.8 Å². The van der Waals surface area contributed by atoms with Gasteiger partial charge in [-0.15, -0.1) is 10.2 Å². The second-order valence-electron chi connectivity index (χ2n) is 5.82. The molecule has 6 nitrogen and oxygen atoms in total. The van der Waals surface area contributed by atoms with Crippen molar-refractivity contribution < 1.29 is 14.7 Å². The van der Waals surface area contributed by atoms with Crippen LogP contribution < -0.4 is 5.32 Å². The highest BCUT2D eigenvalue weighted by Crippen LogP contribution is 2.58. The standard InChI is InChI=1S/C12H15N3O3S/c1-12(2)6(7(12)10(17)18)8(16)13-11-15-14-9(19-11)5-3-4-5/h5-7H,3-4H2,1-2H3,(H,17,18)(H,13,15,16)/t6-,7-/m0/s1. The van der Waals surface area contributed by atoms with Crippen molar-refractivity contribution in [2.45, 2.75) is 32.6 Å². The third-order valence-corrected chi connectivity index (χ3v) is 4.97. The van der Waals surface area contributed by atoms with Crippen LogP contribution in [0.3, 0.4) is 0 Å². The average Bonchev–Trinajstić information content (AvgIpc) is 3.18. The van der Waals surface area contributed by atoms with Crippen LogP contribution in [0.25, 0.3) is 0 Å². The zero-order chi connectivity index (χ0) is 13.8. The van der Waals surface area contributed by atoms with Crippen LogP contribution in [0.15, 0.2) is 0 Å². The number of anilines is 1. The van der Waals surface area contributed by atoms with Gasteiger partial charge >= 0.3 is 5.97 Å². The second-order valence-corrected chi connectivity index (χ2v) is 6.83. The van der Waals surface area contributed by atoms with Crippen LogP contribution >= 0.6 is 11.3 Å². The Morgan fingerprint density at radius 1 is 1.32 bits per heavy atom. The minimum absolute atomic E-state index is 0.268. The molecule has 1 aromatic rings. The summed E-state index contributed by atoms with van der Waals surface area (Å²) in [7, 11) is 0. The lowest BCUT2D eigenvalue weighted by atomic mass is 10.1. The van der Waals surface area contributed by atoms with E-state index in [-0.39, 0.29) is 5.91 Å². The lowest BCUT2D eigenvalue weighted by Gasteiger charge is -2.01. The maximum atomic E-state index is 12.1. The van der Waals surface area contributed by atoms with Gasteiger partial charge in [0.2, 0.25) is 11.0 Å². The normalized spacial score (nSPS) is 27.9. The fourth-order valence-electron chi connectivity index (χ4n) is 2.55. The largest absolute Gasteiger partial charge is 0.481 e. The van der Waals surface area contributed by atoms with Gasteiger partial charge in [0.25, 0.3) is 0 Å². The predicted molar refractivity (Wildman–Crippen MR) is 68.9 cm³/mol. The van der Waals surface area contributed by atoms with E-state index in [1.165, 1.54) is 11.3 Å². The van der Waals surface area contributed by atoms with E-state index in [9.17, 15) is 9.59 Å². The molecule has 3 rings (SSSR count). The monoisotopic (exact) mass is 281 g/mol. The highest BCUT2D eigenvalue weighted by Gasteiger charge is 2.66. The summed E-state index contributed by atoms with van der Waals surface area (Å²) in [6.45, 7) is 3.59. The van der Waals surface area contributed by atoms with Crippen molar-refractivity contribution >= 4 is 28.3 Å². The van der Waals surface area contributed by atoms with E-state index in [2.05, 4.69) is 15.5 Å². The Balaban J connectivity index is 1.66. The van der Waals surface area contributed by atoms with Crippen LogP contribution in [0, 0.1) is 17.3 Å². The lowest BCUT2D eigenvalue weighted by molar-refractivity contribution is -0.140. The summed E-state index contributed by atoms with van der Waals surface area (Å²) in [5.41, 5.74) is -0.486. The molecule has 0 aromatic carbocycles. The summed E-state index contributed by atoms with van der Waals surface area (Å²) in [6.07, 6.45) is 2.28. The van der Waals surface area contributed by atoms with Gasteiger partial charge in [-0.25, -0.2) is 0 Å². The SMILES string of the molecule is CC1(C)[C@H](C(=O)O)[C@H]1C(=O)Nc1nnc(C2CC2)s1. The number of amides is 1. The molecule has 2 fully saturated rings. The molecule has 102 valence electrons. The molecule has 2 atom stereocenters. The third-order valence-electron chi connectivity index (χ3n) is 3.97. The molecule has 0 bridgehead atoms. The summed E-state index contributed by atoms with van der Waals surface area (Å²) < 4.78 is 0. The summed E-state index contributed by atoms with van der Waals surface area (Å²) in [4.78, 5) is 23.1. The number of carboxylic acids is 1. The Hall–Kier alpha value is -1.50. The number of hydrogen-bond acceptors (Lipinski definition) is 5. The summed E-state index contributed by atoms with van der Waals surface area (Å²) >= 11 is 1.39. The third kappa shape index (κ3) is 2.11. The van der Waals surface area contributed by atoms with Gasteiger partial charge in [0, 0.05) is 5.92 Å². The van der Waals surface area contributed by atoms with Crippen LogP contribution in [-0.4, -0.2) is 27.2 Å². The summed E-state index contributed by atoms with van der Waals surface area (Å²) in [5, 5.41) is 21.1. The van der Waals surface area contributed by atoms with Gasteiger partial charge in [0.05, 0.1) is 11.8 Å². The van der Waals surface area contributed by atoms with E-state index < -0.39 is 23.2 Å². The molecular weight excluding hydrogens is 266 g/mol. The van der Waals surface area contributed by atoms with Crippen molar-refractivity contribution in [1.82, 2.24) is 10.2 Å². The van der Waals surface area contributed by atoms with Crippen molar-refractivity contribution in [2.24, 2.45) is 17.3 Å². The average molecular weight is 281 g/mol. The van der Waals surface area contributed by atoms with Crippen molar-refractivity contribution in [3.05, 3.63) is 5.01 Å². The smallest absolute Gasteiger partial charge is 0.307 e. The zero-order valence-corrected chi connectivity index (χ0v) is 11.5. The molecule has 2 N–H and O–H groups in total. The molecule has 0 aliphatic heterocycles. The molecule has 2 aliphatic rings. The number of carboxylic acid groups (broad SMARTS) is 1. The zero-order valence-electron chi connectivity index (χ0n) is 10.7. The van der Waals surface area contributed by atoms with E-state index in [1.807, 2.05) is 0 Å². The maximum Gasteiger partial charge on any atom is 0.307 e. The molecule has 7 heteroatoms. The van der Waals surface area contributed by atoms with E-state index in [4.69, 9.17) is 5.11 Å². The number of aliphatic carboxylic acids is 1. The minimum Gasteiger partial charge on any atom is -0.481 e. The highest BCUT2D eigenvalue weighted by molar-refractivity contribution is 7.15. The molecule has 0 unspecified atom stereocenters. The second kappa shape index (κ2) is 4.00. The maximum absolute atomic E-state index is 12.1. The minimum atomic E-state index is -0.916. The first-order valence-electron chi connectivity index (χ1n) is 6.28. The van der Waals surface area contributed by atoms with Gasteiger partial charge in [-0.2, -0.15) is 0 Å². The number of carbonyl (C=O) groups is 2. The van der Waals surface area contributed by atoms with Crippen molar-refractivity contribution in [1.29, 1.82) is 0 Å². The first kappa shape index (κ1) is 12.5. The van der Waals surface area contributed by atoms with Gasteiger partial charge < -0.3 is 10.4 Å². The van der Waals surface area contributed by atoms with E-state index in [0.29, 0.717) is 11.0 Å². The molecule has 1 amide bonds. The molecule has 2 aliphatic carbocycles. The number of rotatable bonds is 4. The summed E-state index contributed by atoms with van der Waals surface area (Å²) in [5.74, 6) is -1.77. The van der Waals surface area contributed by atoms with Crippen LogP contribution in [0.1, 0.15) is 37.6 Å². The number of carbonyl (C=O) groups excluding carboxylic acids is 1. The number of nitrogens with one attached hydrogen (secondary N) is 1. The molecule has 0 spiro atoms. The quantitative estimate of drug-likeness (QED) is 0.876. The van der Waals surface area contributed by atoms with Crippen molar-refractivity contribution in [3.63, 3.8) is 0 Å². The highest BCUT2D eigenvalue weighted by atomic mass is 32.1. The Bertz CT molecular complexity index is 550. The topological polar surface area (TPSA) is 92.2 Å². The van der Waals surface area contributed by atoms with Gasteiger partial charge in [0.15, 0.2) is 0 Å². The van der Waals surface area contributed by atoms with Crippen molar-refractivity contribution in [2.75, 3.05) is 5.32 Å². The van der Waals surface area contributed by atoms with Crippen molar-refractivity contribution in [3.8, 4) is 0 Å². The molecular formula is C12H15N3O3S. The molecule has 2 saturated carbocycles. The number of aromatic nitrogens is 2. The van der Waals surface area contributed by atoms with Crippen LogP contribution in [-0.2, 0) is 9.59 Å². The van der Waals surface area contributed by atoms with Crippen LogP contribution in [0.5, 0.6) is 0 Å². The number of hydrogen-bond donors (Lipinski definition) is 2. The first-order chi connectivity index (χ1) is 8.91. The fourth-order valence-corrected chi connectivity index (χ4v) is 3.47. The molecule has 1 aromatic heterocycles. The Morgan fingerprint density at radius 2 is 2.00 bits per heavy atom. The van der Waals surface area contributed by atoms with Gasteiger partial charge in [-0.1, -0.05) is 25.2 Å². The van der Waals surface area contributed by atoms with Gasteiger partial charge in [-0.3, -0.25) is 9.59 Å². The van der Waals surface area contributed by atoms with Gasteiger partial charge in [-0.05, 0) is 18.3 Å². The van der Waals surface area contributed by atoms with Crippen LogP contribution in [0.4, 0.5) is 5.13 Å².